The first-order valence-electron chi connectivity index (χ1n) is 2.71. The Kier molecular flexibility index (Phi) is 6.30. The fourth-order valence-electron chi connectivity index (χ4n) is 0.321. The van der Waals surface area contributed by atoms with Crippen molar-refractivity contribution in [3.8, 4) is 0 Å². The van der Waals surface area contributed by atoms with Gasteiger partial charge < -0.3 is 4.74 Å². The van der Waals surface area contributed by atoms with Gasteiger partial charge >= 0.3 is 0 Å². The lowest BCUT2D eigenvalue weighted by Gasteiger charge is -1.67. The molecule has 0 aliphatic heterocycles. The average molecular weight is 238 g/mol. The van der Waals surface area contributed by atoms with Gasteiger partial charge in [0.15, 0.2) is 11.3 Å². The van der Waals surface area contributed by atoms with Crippen LogP contribution in [0.5, 0.6) is 0 Å². The molecule has 5 heteroatoms. The van der Waals surface area contributed by atoms with E-state index in [0.29, 0.717) is 5.01 Å². The summed E-state index contributed by atoms with van der Waals surface area (Å²) in [7, 11) is 3.25. The molecule has 0 saturated carbocycles. The number of nitrogens with zero attached hydrogens (tertiary/aromatic N) is 1. The molecule has 0 atom stereocenters. The number of rotatable bonds is 1. The summed E-state index contributed by atoms with van der Waals surface area (Å²) in [5.74, 6) is 0. The predicted octanol–water partition coefficient (Wildman–Crippen LogP) is 1.98. The number of aldehydes is 1. The highest BCUT2D eigenvalue weighted by Crippen LogP contribution is 2.16. The van der Waals surface area contributed by atoms with E-state index in [0.717, 1.165) is 10.1 Å². The molecule has 62 valence electrons. The second-order valence-electron chi connectivity index (χ2n) is 1.53. The molecule has 0 unspecified atom stereocenters. The molecule has 0 N–H and O–H groups in total. The lowest BCUT2D eigenvalue weighted by molar-refractivity contribution is 0.112. The maximum atomic E-state index is 9.95. The van der Waals surface area contributed by atoms with Gasteiger partial charge in [-0.05, 0) is 15.9 Å². The normalized spacial score (nSPS) is 8.27. The Morgan fingerprint density at radius 3 is 2.45 bits per heavy atom. The Balaban J connectivity index is 0.000000292. The molecule has 0 bridgehead atoms. The second kappa shape index (κ2) is 6.45. The summed E-state index contributed by atoms with van der Waals surface area (Å²) in [4.78, 5) is 13.7. The van der Waals surface area contributed by atoms with Crippen LogP contribution in [0.4, 0.5) is 0 Å². The average Bonchev–Trinajstić information content (AvgIpc) is 2.37. The van der Waals surface area contributed by atoms with Crippen molar-refractivity contribution in [3.63, 3.8) is 0 Å². The van der Waals surface area contributed by atoms with Crippen molar-refractivity contribution in [2.24, 2.45) is 0 Å². The van der Waals surface area contributed by atoms with Gasteiger partial charge in [0.05, 0.1) is 9.98 Å². The van der Waals surface area contributed by atoms with Crippen molar-refractivity contribution in [2.75, 3.05) is 14.2 Å². The van der Waals surface area contributed by atoms with Crippen LogP contribution in [0, 0.1) is 0 Å². The van der Waals surface area contributed by atoms with E-state index >= 15 is 0 Å². The molecular formula is C6H8BrNO2S. The molecule has 1 aromatic heterocycles. The summed E-state index contributed by atoms with van der Waals surface area (Å²) in [6.07, 6.45) is 2.34. The maximum Gasteiger partial charge on any atom is 0.178 e. The molecule has 1 heterocycles. The van der Waals surface area contributed by atoms with Gasteiger partial charge in [0.25, 0.3) is 0 Å². The summed E-state index contributed by atoms with van der Waals surface area (Å²) in [6.45, 7) is 0. The van der Waals surface area contributed by atoms with Gasteiger partial charge in [-0.25, -0.2) is 4.98 Å². The molecule has 0 aliphatic rings. The zero-order valence-corrected chi connectivity index (χ0v) is 8.61. The lowest BCUT2D eigenvalue weighted by atomic mass is 10.8. The quantitative estimate of drug-likeness (QED) is 0.702. The summed E-state index contributed by atoms with van der Waals surface area (Å²) < 4.78 is 5.14. The molecule has 0 saturated heterocycles. The van der Waals surface area contributed by atoms with E-state index in [4.69, 9.17) is 0 Å². The summed E-state index contributed by atoms with van der Waals surface area (Å²) in [5.41, 5.74) is 0. The molecule has 0 spiro atoms. The Labute approximate surface area is 77.5 Å². The van der Waals surface area contributed by atoms with E-state index in [1.807, 2.05) is 0 Å². The van der Waals surface area contributed by atoms with Crippen LogP contribution in [-0.2, 0) is 4.74 Å². The van der Waals surface area contributed by atoms with E-state index in [1.54, 1.807) is 20.4 Å². The number of hydrogen-bond donors (Lipinski definition) is 0. The first kappa shape index (κ1) is 10.7. The smallest absolute Gasteiger partial charge is 0.178 e. The first-order valence-corrected chi connectivity index (χ1v) is 4.32. The maximum absolute atomic E-state index is 9.95. The van der Waals surface area contributed by atoms with Gasteiger partial charge in [0.1, 0.15) is 0 Å². The highest BCUT2D eigenvalue weighted by molar-refractivity contribution is 9.11. The van der Waals surface area contributed by atoms with Crippen LogP contribution in [0.3, 0.4) is 0 Å². The Bertz CT molecular complexity index is 214. The van der Waals surface area contributed by atoms with Crippen LogP contribution in [0.15, 0.2) is 9.98 Å². The van der Waals surface area contributed by atoms with Crippen LogP contribution in [-0.4, -0.2) is 25.5 Å². The van der Waals surface area contributed by atoms with Gasteiger partial charge in [-0.3, -0.25) is 4.79 Å². The number of carbonyl (C=O) groups excluding carboxylic acids is 1. The highest BCUT2D eigenvalue weighted by atomic mass is 79.9. The summed E-state index contributed by atoms with van der Waals surface area (Å²) in [5, 5.41) is 0.511. The fraction of sp³-hybridized carbons (Fsp3) is 0.333. The van der Waals surface area contributed by atoms with Crippen molar-refractivity contribution >= 4 is 33.6 Å². The van der Waals surface area contributed by atoms with Crippen molar-refractivity contribution in [2.45, 2.75) is 0 Å². The SMILES string of the molecule is COC.O=Cc1ncc(Br)s1. The lowest BCUT2D eigenvalue weighted by Crippen LogP contribution is -1.69. The van der Waals surface area contributed by atoms with Gasteiger partial charge in [0, 0.05) is 14.2 Å². The molecule has 1 rings (SSSR count). The van der Waals surface area contributed by atoms with E-state index in [2.05, 4.69) is 25.7 Å². The number of ether oxygens (including phenoxy) is 1. The van der Waals surface area contributed by atoms with E-state index in [9.17, 15) is 4.79 Å². The number of hydrogen-bond acceptors (Lipinski definition) is 4. The number of halogens is 1. The third-order valence-corrected chi connectivity index (χ3v) is 2.00. The number of methoxy groups -OCH3 is 1. The number of thiazole rings is 1. The Morgan fingerprint density at radius 2 is 2.27 bits per heavy atom. The van der Waals surface area contributed by atoms with Crippen molar-refractivity contribution in [1.29, 1.82) is 0 Å². The van der Waals surface area contributed by atoms with Crippen LogP contribution >= 0.6 is 27.3 Å². The van der Waals surface area contributed by atoms with Gasteiger partial charge in [0.2, 0.25) is 0 Å². The van der Waals surface area contributed by atoms with E-state index in [-0.39, 0.29) is 0 Å². The van der Waals surface area contributed by atoms with Crippen LogP contribution < -0.4 is 0 Å². The minimum atomic E-state index is 0.511. The third kappa shape index (κ3) is 5.06. The van der Waals surface area contributed by atoms with Gasteiger partial charge in [-0.2, -0.15) is 0 Å². The highest BCUT2D eigenvalue weighted by Gasteiger charge is 1.93. The van der Waals surface area contributed by atoms with Gasteiger partial charge in [-0.15, -0.1) is 11.3 Å². The van der Waals surface area contributed by atoms with Crippen LogP contribution in [0.25, 0.3) is 0 Å². The van der Waals surface area contributed by atoms with Crippen molar-refractivity contribution in [3.05, 3.63) is 15.0 Å². The Morgan fingerprint density at radius 1 is 1.73 bits per heavy atom. The molecule has 0 fully saturated rings. The minimum absolute atomic E-state index is 0.511. The summed E-state index contributed by atoms with van der Waals surface area (Å²) in [6, 6.07) is 0. The zero-order valence-electron chi connectivity index (χ0n) is 6.20. The first-order chi connectivity index (χ1) is 5.24. The van der Waals surface area contributed by atoms with Gasteiger partial charge in [-0.1, -0.05) is 0 Å². The zero-order chi connectivity index (χ0) is 8.69. The molecule has 0 aliphatic carbocycles. The largest absolute Gasteiger partial charge is 0.388 e. The molecular weight excluding hydrogens is 230 g/mol. The second-order valence-corrected chi connectivity index (χ2v) is 3.97. The fourth-order valence-corrected chi connectivity index (χ4v) is 1.38. The summed E-state index contributed by atoms with van der Waals surface area (Å²) >= 11 is 4.50. The number of aromatic nitrogens is 1. The standard InChI is InChI=1S/C4H2BrNOS.C2H6O/c5-3-1-6-4(2-7)8-3;1-3-2/h1-2H;1-2H3. The molecule has 3 nitrogen and oxygen atoms in total. The van der Waals surface area contributed by atoms with Crippen molar-refractivity contribution in [1.82, 2.24) is 4.98 Å². The molecule has 0 amide bonds. The molecule has 0 aromatic carbocycles. The molecule has 0 radical (unpaired) electrons. The van der Waals surface area contributed by atoms with E-state index < -0.39 is 0 Å². The van der Waals surface area contributed by atoms with Crippen LogP contribution in [0.1, 0.15) is 9.80 Å². The molecule has 11 heavy (non-hydrogen) atoms. The van der Waals surface area contributed by atoms with E-state index in [1.165, 1.54) is 11.3 Å². The monoisotopic (exact) mass is 237 g/mol. The predicted molar refractivity (Wildman–Crippen MR) is 48.1 cm³/mol. The van der Waals surface area contributed by atoms with Crippen LogP contribution in [0.2, 0.25) is 0 Å². The minimum Gasteiger partial charge on any atom is -0.388 e. The third-order valence-electron chi connectivity index (χ3n) is 0.596. The number of carbonyl (C=O) groups is 1. The Hall–Kier alpha value is -0.260. The molecule has 1 aromatic rings. The van der Waals surface area contributed by atoms with Crippen molar-refractivity contribution < 1.29 is 9.53 Å². The topological polar surface area (TPSA) is 39.2 Å².